The van der Waals surface area contributed by atoms with Crippen LogP contribution in [0.25, 0.3) is 0 Å². The van der Waals surface area contributed by atoms with E-state index in [1.165, 1.54) is 12.1 Å². The molecule has 2 aliphatic rings. The molecule has 1 heterocycles. The lowest BCUT2D eigenvalue weighted by atomic mass is 10.2. The first kappa shape index (κ1) is 18.7. The Balaban J connectivity index is 1.84. The standard InChI is InChI=1S/C17H25NO5S2/c1-2-23-14-7-9-15(10-8-14)25(21,22)17-12-24(19,20)11-16(17)18-13-5-3-4-6-13/h7-10,13,16-18H,2-6,11-12H2,1H3/t16-,17-/m1/s1. The molecule has 2 fully saturated rings. The summed E-state index contributed by atoms with van der Waals surface area (Å²) in [6, 6.07) is 5.90. The molecule has 0 bridgehead atoms. The Morgan fingerprint density at radius 2 is 1.76 bits per heavy atom. The van der Waals surface area contributed by atoms with Crippen LogP contribution < -0.4 is 10.1 Å². The molecule has 0 unspecified atom stereocenters. The van der Waals surface area contributed by atoms with Crippen LogP contribution in [0.5, 0.6) is 5.75 Å². The van der Waals surface area contributed by atoms with Gasteiger partial charge in [0.25, 0.3) is 0 Å². The number of benzene rings is 1. The van der Waals surface area contributed by atoms with E-state index >= 15 is 0 Å². The largest absolute Gasteiger partial charge is 0.494 e. The van der Waals surface area contributed by atoms with Crippen molar-refractivity contribution in [2.75, 3.05) is 18.1 Å². The lowest BCUT2D eigenvalue weighted by molar-refractivity contribution is 0.340. The molecule has 0 radical (unpaired) electrons. The zero-order valence-electron chi connectivity index (χ0n) is 14.3. The van der Waals surface area contributed by atoms with E-state index in [-0.39, 0.29) is 22.4 Å². The molecule has 0 aromatic heterocycles. The van der Waals surface area contributed by atoms with Gasteiger partial charge in [0.15, 0.2) is 19.7 Å². The minimum absolute atomic E-state index is 0.107. The van der Waals surface area contributed by atoms with Crippen LogP contribution in [0.4, 0.5) is 0 Å². The van der Waals surface area contributed by atoms with Gasteiger partial charge in [-0.05, 0) is 44.0 Å². The third-order valence-electron chi connectivity index (χ3n) is 4.97. The second kappa shape index (κ2) is 7.25. The molecule has 6 nitrogen and oxygen atoms in total. The van der Waals surface area contributed by atoms with Crippen molar-refractivity contribution in [1.82, 2.24) is 5.32 Å². The van der Waals surface area contributed by atoms with E-state index in [2.05, 4.69) is 5.32 Å². The molecule has 0 amide bonds. The van der Waals surface area contributed by atoms with Gasteiger partial charge in [-0.25, -0.2) is 16.8 Å². The second-order valence-electron chi connectivity index (χ2n) is 6.82. The van der Waals surface area contributed by atoms with Gasteiger partial charge in [0.05, 0.1) is 28.3 Å². The molecule has 1 N–H and O–H groups in total. The third-order valence-corrected chi connectivity index (χ3v) is 9.13. The molecule has 3 rings (SSSR count). The van der Waals surface area contributed by atoms with E-state index in [1.807, 2.05) is 6.92 Å². The van der Waals surface area contributed by atoms with Crippen molar-refractivity contribution in [2.45, 2.75) is 54.8 Å². The van der Waals surface area contributed by atoms with Gasteiger partial charge < -0.3 is 10.1 Å². The van der Waals surface area contributed by atoms with Crippen molar-refractivity contribution in [3.8, 4) is 5.75 Å². The minimum atomic E-state index is -3.73. The van der Waals surface area contributed by atoms with Crippen molar-refractivity contribution < 1.29 is 21.6 Å². The Hall–Kier alpha value is -1.12. The van der Waals surface area contributed by atoms with Crippen molar-refractivity contribution in [3.63, 3.8) is 0 Å². The van der Waals surface area contributed by atoms with Crippen LogP contribution in [0.1, 0.15) is 32.6 Å². The van der Waals surface area contributed by atoms with Crippen LogP contribution in [0.15, 0.2) is 29.2 Å². The molecule has 1 aliphatic heterocycles. The fourth-order valence-corrected chi connectivity index (χ4v) is 8.42. The lowest BCUT2D eigenvalue weighted by Gasteiger charge is -2.23. The van der Waals surface area contributed by atoms with Crippen LogP contribution in [0.2, 0.25) is 0 Å². The Morgan fingerprint density at radius 1 is 1.12 bits per heavy atom. The first-order chi connectivity index (χ1) is 11.8. The van der Waals surface area contributed by atoms with E-state index < -0.39 is 31.0 Å². The van der Waals surface area contributed by atoms with Crippen LogP contribution in [0.3, 0.4) is 0 Å². The number of hydrogen-bond donors (Lipinski definition) is 1. The van der Waals surface area contributed by atoms with Crippen LogP contribution >= 0.6 is 0 Å². The zero-order valence-corrected chi connectivity index (χ0v) is 16.0. The molecular formula is C17H25NO5S2. The summed E-state index contributed by atoms with van der Waals surface area (Å²) in [5.41, 5.74) is 0. The van der Waals surface area contributed by atoms with Gasteiger partial charge in [0.2, 0.25) is 0 Å². The lowest BCUT2D eigenvalue weighted by Crippen LogP contribution is -2.47. The minimum Gasteiger partial charge on any atom is -0.494 e. The summed E-state index contributed by atoms with van der Waals surface area (Å²) in [6.07, 6.45) is 4.17. The third kappa shape index (κ3) is 4.17. The maximum Gasteiger partial charge on any atom is 0.183 e. The van der Waals surface area contributed by atoms with Gasteiger partial charge in [0.1, 0.15) is 5.75 Å². The number of sulfone groups is 2. The Morgan fingerprint density at radius 3 is 2.36 bits per heavy atom. The maximum atomic E-state index is 13.0. The molecule has 2 atom stereocenters. The number of ether oxygens (including phenoxy) is 1. The van der Waals surface area contributed by atoms with Crippen molar-refractivity contribution in [1.29, 1.82) is 0 Å². The monoisotopic (exact) mass is 387 g/mol. The van der Waals surface area contributed by atoms with Gasteiger partial charge in [-0.1, -0.05) is 12.8 Å². The average Bonchev–Trinajstić information content (AvgIpc) is 3.16. The van der Waals surface area contributed by atoms with Gasteiger partial charge in [-0.3, -0.25) is 0 Å². The van der Waals surface area contributed by atoms with Gasteiger partial charge >= 0.3 is 0 Å². The summed E-state index contributed by atoms with van der Waals surface area (Å²) < 4.78 is 55.6. The van der Waals surface area contributed by atoms with Crippen LogP contribution in [-0.2, 0) is 19.7 Å². The summed E-state index contributed by atoms with van der Waals surface area (Å²) >= 11 is 0. The number of hydrogen-bond acceptors (Lipinski definition) is 6. The normalized spacial score (nSPS) is 26.8. The molecule has 8 heteroatoms. The fourth-order valence-electron chi connectivity index (χ4n) is 3.74. The highest BCUT2D eigenvalue weighted by Crippen LogP contribution is 2.29. The highest BCUT2D eigenvalue weighted by Gasteiger charge is 2.46. The quantitative estimate of drug-likeness (QED) is 0.797. The fraction of sp³-hybridized carbons (Fsp3) is 0.647. The maximum absolute atomic E-state index is 13.0. The van der Waals surface area contributed by atoms with E-state index in [1.54, 1.807) is 12.1 Å². The first-order valence-electron chi connectivity index (χ1n) is 8.75. The second-order valence-corrected chi connectivity index (χ2v) is 11.1. The topological polar surface area (TPSA) is 89.5 Å². The van der Waals surface area contributed by atoms with Crippen molar-refractivity contribution in [2.24, 2.45) is 0 Å². The Bertz CT molecular complexity index is 796. The molecule has 1 aromatic carbocycles. The van der Waals surface area contributed by atoms with Gasteiger partial charge in [-0.2, -0.15) is 0 Å². The average molecular weight is 388 g/mol. The Labute approximate surface area is 149 Å². The number of nitrogens with one attached hydrogen (secondary N) is 1. The molecule has 1 saturated carbocycles. The highest BCUT2D eigenvalue weighted by atomic mass is 32.2. The van der Waals surface area contributed by atoms with E-state index in [0.717, 1.165) is 25.7 Å². The SMILES string of the molecule is CCOc1ccc(S(=O)(=O)[C@@H]2CS(=O)(=O)C[C@H]2NC2CCCC2)cc1. The molecule has 1 aromatic rings. The van der Waals surface area contributed by atoms with Crippen molar-refractivity contribution in [3.05, 3.63) is 24.3 Å². The molecule has 25 heavy (non-hydrogen) atoms. The van der Waals surface area contributed by atoms with E-state index in [0.29, 0.717) is 12.4 Å². The number of rotatable bonds is 6. The molecular weight excluding hydrogens is 362 g/mol. The Kier molecular flexibility index (Phi) is 5.41. The molecule has 1 aliphatic carbocycles. The summed E-state index contributed by atoms with van der Waals surface area (Å²) in [6.45, 7) is 2.35. The molecule has 140 valence electrons. The van der Waals surface area contributed by atoms with Crippen molar-refractivity contribution >= 4 is 19.7 Å². The van der Waals surface area contributed by atoms with E-state index in [9.17, 15) is 16.8 Å². The smallest absolute Gasteiger partial charge is 0.183 e. The summed E-state index contributed by atoms with van der Waals surface area (Å²) in [5.74, 6) is 0.179. The first-order valence-corrected chi connectivity index (χ1v) is 12.1. The predicted octanol–water partition coefficient (Wildman–Crippen LogP) is 1.56. The van der Waals surface area contributed by atoms with E-state index in [4.69, 9.17) is 4.74 Å². The van der Waals surface area contributed by atoms with Gasteiger partial charge in [-0.15, -0.1) is 0 Å². The summed E-state index contributed by atoms with van der Waals surface area (Å²) in [4.78, 5) is 0.149. The molecule has 0 spiro atoms. The van der Waals surface area contributed by atoms with Crippen LogP contribution in [0, 0.1) is 0 Å². The summed E-state index contributed by atoms with van der Waals surface area (Å²) in [5, 5.41) is 2.37. The van der Waals surface area contributed by atoms with Gasteiger partial charge in [0, 0.05) is 12.1 Å². The highest BCUT2D eigenvalue weighted by molar-refractivity contribution is 7.96. The zero-order chi connectivity index (χ0) is 18.1. The summed E-state index contributed by atoms with van der Waals surface area (Å²) in [7, 11) is -7.09. The molecule has 1 saturated heterocycles. The van der Waals surface area contributed by atoms with Crippen LogP contribution in [-0.4, -0.2) is 52.3 Å². The predicted molar refractivity (Wildman–Crippen MR) is 96.4 cm³/mol.